The van der Waals surface area contributed by atoms with Crippen molar-refractivity contribution in [1.82, 2.24) is 0 Å². The molecule has 11 heavy (non-hydrogen) atoms. The van der Waals surface area contributed by atoms with Gasteiger partial charge in [0.15, 0.2) is 0 Å². The van der Waals surface area contributed by atoms with Gasteiger partial charge in [0.25, 0.3) is 0 Å². The topological polar surface area (TPSA) is 41.8 Å². The van der Waals surface area contributed by atoms with Crippen LogP contribution in [0.1, 0.15) is 34.1 Å². The Hall–Kier alpha value is -0.570. The third-order valence-electron chi connectivity index (χ3n) is 1.09. The minimum absolute atomic E-state index is 0.773. The summed E-state index contributed by atoms with van der Waals surface area (Å²) in [4.78, 5) is 0. The number of hydrogen-bond donors (Lipinski definition) is 1. The molecule has 0 aromatic heterocycles. The number of nitrogens with zero attached hydrogens (tertiary/aromatic N) is 1. The Kier molecular flexibility index (Phi) is 14.4. The van der Waals surface area contributed by atoms with Crippen molar-refractivity contribution in [2.45, 2.75) is 34.1 Å². The molecule has 0 aliphatic carbocycles. The lowest BCUT2D eigenvalue weighted by atomic mass is 10.3. The average molecular weight is 161 g/mol. The summed E-state index contributed by atoms with van der Waals surface area (Å²) in [5.74, 6) is 0. The molecule has 0 saturated heterocycles. The molecule has 0 aliphatic heterocycles. The number of oxime groups is 1. The fourth-order valence-corrected chi connectivity index (χ4v) is 0.275. The van der Waals surface area contributed by atoms with E-state index < -0.39 is 0 Å². The predicted molar refractivity (Wildman–Crippen MR) is 47.4 cm³/mol. The molecule has 0 fully saturated rings. The molecule has 0 aromatic carbocycles. The molecule has 0 atom stereocenters. The summed E-state index contributed by atoms with van der Waals surface area (Å²) in [6, 6.07) is 0. The zero-order chi connectivity index (χ0) is 9.11. The van der Waals surface area contributed by atoms with Crippen molar-refractivity contribution >= 4 is 5.71 Å². The van der Waals surface area contributed by atoms with Gasteiger partial charge in [-0.15, -0.1) is 0 Å². The van der Waals surface area contributed by atoms with Crippen LogP contribution in [0.5, 0.6) is 0 Å². The van der Waals surface area contributed by atoms with E-state index in [0.29, 0.717) is 0 Å². The van der Waals surface area contributed by atoms with Crippen LogP contribution in [0.15, 0.2) is 5.16 Å². The number of hydrogen-bond acceptors (Lipinski definition) is 3. The van der Waals surface area contributed by atoms with E-state index in [2.05, 4.69) is 5.16 Å². The van der Waals surface area contributed by atoms with E-state index in [-0.39, 0.29) is 0 Å². The summed E-state index contributed by atoms with van der Waals surface area (Å²) < 4.78 is 4.83. The van der Waals surface area contributed by atoms with Gasteiger partial charge in [0.2, 0.25) is 0 Å². The molecule has 0 saturated carbocycles. The van der Waals surface area contributed by atoms with Crippen LogP contribution in [0, 0.1) is 0 Å². The van der Waals surface area contributed by atoms with Gasteiger partial charge in [-0.1, -0.05) is 12.1 Å². The fourth-order valence-electron chi connectivity index (χ4n) is 0.275. The molecule has 3 heteroatoms. The molecule has 0 radical (unpaired) electrons. The minimum Gasteiger partial charge on any atom is -0.411 e. The second-order valence-electron chi connectivity index (χ2n) is 1.97. The lowest BCUT2D eigenvalue weighted by molar-refractivity contribution is 0.162. The first kappa shape index (κ1) is 13.1. The highest BCUT2D eigenvalue weighted by atomic mass is 16.5. The summed E-state index contributed by atoms with van der Waals surface area (Å²) in [6.07, 6.45) is 0.830. The van der Waals surface area contributed by atoms with Crippen molar-refractivity contribution in [1.29, 1.82) is 0 Å². The SMILES string of the molecule is CC/C(C)=N/O.CCOCC. The maximum absolute atomic E-state index is 7.92. The zero-order valence-corrected chi connectivity index (χ0v) is 7.92. The molecule has 0 bridgehead atoms. The summed E-state index contributed by atoms with van der Waals surface area (Å²) in [7, 11) is 0. The van der Waals surface area contributed by atoms with Crippen LogP contribution < -0.4 is 0 Å². The highest BCUT2D eigenvalue weighted by Gasteiger charge is 1.77. The summed E-state index contributed by atoms with van der Waals surface area (Å²) in [5.41, 5.74) is 0.773. The molecule has 0 aromatic rings. The average Bonchev–Trinajstić information content (AvgIpc) is 2.06. The van der Waals surface area contributed by atoms with Crippen molar-refractivity contribution in [3.8, 4) is 0 Å². The second-order valence-corrected chi connectivity index (χ2v) is 1.97. The Morgan fingerprint density at radius 1 is 1.27 bits per heavy atom. The Balaban J connectivity index is 0. The van der Waals surface area contributed by atoms with Crippen LogP contribution >= 0.6 is 0 Å². The van der Waals surface area contributed by atoms with Gasteiger partial charge in [-0.3, -0.25) is 0 Å². The molecule has 68 valence electrons. The summed E-state index contributed by atoms with van der Waals surface area (Å²) >= 11 is 0. The van der Waals surface area contributed by atoms with E-state index in [4.69, 9.17) is 9.94 Å². The Morgan fingerprint density at radius 3 is 1.73 bits per heavy atom. The first-order valence-electron chi connectivity index (χ1n) is 3.98. The van der Waals surface area contributed by atoms with Gasteiger partial charge in [0, 0.05) is 13.2 Å². The first-order chi connectivity index (χ1) is 5.22. The van der Waals surface area contributed by atoms with Gasteiger partial charge >= 0.3 is 0 Å². The van der Waals surface area contributed by atoms with Crippen molar-refractivity contribution in [3.05, 3.63) is 0 Å². The zero-order valence-electron chi connectivity index (χ0n) is 7.92. The van der Waals surface area contributed by atoms with E-state index in [1.54, 1.807) is 6.92 Å². The van der Waals surface area contributed by atoms with Crippen LogP contribution in [-0.2, 0) is 4.74 Å². The number of rotatable bonds is 3. The predicted octanol–water partition coefficient (Wildman–Crippen LogP) is 2.29. The van der Waals surface area contributed by atoms with Crippen molar-refractivity contribution in [2.75, 3.05) is 13.2 Å². The van der Waals surface area contributed by atoms with E-state index in [9.17, 15) is 0 Å². The van der Waals surface area contributed by atoms with Gasteiger partial charge in [-0.05, 0) is 27.2 Å². The van der Waals surface area contributed by atoms with Crippen LogP contribution in [-0.4, -0.2) is 24.1 Å². The van der Waals surface area contributed by atoms with Crippen LogP contribution in [0.25, 0.3) is 0 Å². The smallest absolute Gasteiger partial charge is 0.0537 e. The highest BCUT2D eigenvalue weighted by molar-refractivity contribution is 5.80. The van der Waals surface area contributed by atoms with E-state index in [1.807, 2.05) is 20.8 Å². The monoisotopic (exact) mass is 161 g/mol. The summed E-state index contributed by atoms with van der Waals surface area (Å²) in [5, 5.41) is 10.8. The van der Waals surface area contributed by atoms with Crippen molar-refractivity contribution in [3.63, 3.8) is 0 Å². The standard InChI is InChI=1S/C4H9NO.C4H10O/c1-3-4(2)5-6;1-3-5-4-2/h6H,3H2,1-2H3;3-4H2,1-2H3/b5-4+;. The maximum atomic E-state index is 7.92. The molecule has 0 spiro atoms. The molecule has 3 nitrogen and oxygen atoms in total. The van der Waals surface area contributed by atoms with Crippen molar-refractivity contribution in [2.24, 2.45) is 5.16 Å². The largest absolute Gasteiger partial charge is 0.411 e. The Labute approximate surface area is 69.1 Å². The van der Waals surface area contributed by atoms with Crippen molar-refractivity contribution < 1.29 is 9.94 Å². The van der Waals surface area contributed by atoms with Gasteiger partial charge in [0.1, 0.15) is 0 Å². The van der Waals surface area contributed by atoms with E-state index >= 15 is 0 Å². The molecule has 0 amide bonds. The molecule has 0 aliphatic rings. The van der Waals surface area contributed by atoms with Gasteiger partial charge < -0.3 is 9.94 Å². The third kappa shape index (κ3) is 17.7. The van der Waals surface area contributed by atoms with Gasteiger partial charge in [0.05, 0.1) is 5.71 Å². The maximum Gasteiger partial charge on any atom is 0.0537 e. The Bertz CT molecular complexity index is 90.1. The summed E-state index contributed by atoms with van der Waals surface area (Å²) in [6.45, 7) is 9.38. The molecular weight excluding hydrogens is 142 g/mol. The number of ether oxygens (including phenoxy) is 1. The lowest BCUT2D eigenvalue weighted by Gasteiger charge is -1.86. The second kappa shape index (κ2) is 12.1. The first-order valence-corrected chi connectivity index (χ1v) is 3.98. The molecule has 0 heterocycles. The van der Waals surface area contributed by atoms with Crippen LogP contribution in [0.2, 0.25) is 0 Å². The fraction of sp³-hybridized carbons (Fsp3) is 0.875. The third-order valence-corrected chi connectivity index (χ3v) is 1.09. The lowest BCUT2D eigenvalue weighted by Crippen LogP contribution is -1.84. The Morgan fingerprint density at radius 2 is 1.73 bits per heavy atom. The quantitative estimate of drug-likeness (QED) is 0.392. The molecule has 1 N–H and O–H groups in total. The van der Waals surface area contributed by atoms with E-state index in [0.717, 1.165) is 25.3 Å². The van der Waals surface area contributed by atoms with Crippen LogP contribution in [0.3, 0.4) is 0 Å². The normalized spacial score (nSPS) is 10.4. The molecule has 0 unspecified atom stereocenters. The van der Waals surface area contributed by atoms with E-state index in [1.165, 1.54) is 0 Å². The minimum atomic E-state index is 0.773. The molecule has 0 rings (SSSR count). The van der Waals surface area contributed by atoms with Crippen LogP contribution in [0.4, 0.5) is 0 Å². The molecular formula is C8H19NO2. The van der Waals surface area contributed by atoms with Gasteiger partial charge in [-0.25, -0.2) is 0 Å². The highest BCUT2D eigenvalue weighted by Crippen LogP contribution is 1.78. The van der Waals surface area contributed by atoms with Gasteiger partial charge in [-0.2, -0.15) is 0 Å².